The van der Waals surface area contributed by atoms with Gasteiger partial charge in [0.25, 0.3) is 0 Å². The summed E-state index contributed by atoms with van der Waals surface area (Å²) in [7, 11) is 1.40. The van der Waals surface area contributed by atoms with Gasteiger partial charge in [-0.1, -0.05) is 56.7 Å². The summed E-state index contributed by atoms with van der Waals surface area (Å²) in [6.07, 6.45) is 12.4. The van der Waals surface area contributed by atoms with Gasteiger partial charge < -0.3 is 4.74 Å². The third kappa shape index (κ3) is 8.34. The minimum absolute atomic E-state index is 0.171. The van der Waals surface area contributed by atoms with Crippen molar-refractivity contribution in [2.24, 2.45) is 5.41 Å². The molecule has 0 aliphatic carbocycles. The molecule has 0 aliphatic heterocycles. The minimum atomic E-state index is -0.252. The normalized spacial score (nSPS) is 14.7. The van der Waals surface area contributed by atoms with E-state index in [4.69, 9.17) is 0 Å². The average molecular weight is 290 g/mol. The predicted molar refractivity (Wildman–Crippen MR) is 91.1 cm³/mol. The molecule has 0 atom stereocenters. The van der Waals surface area contributed by atoms with Crippen molar-refractivity contribution in [1.29, 1.82) is 0 Å². The molecule has 0 radical (unpaired) electrons. The van der Waals surface area contributed by atoms with E-state index < -0.39 is 0 Å². The van der Waals surface area contributed by atoms with Crippen LogP contribution in [0.25, 0.3) is 0 Å². The van der Waals surface area contributed by atoms with E-state index >= 15 is 0 Å². The SMILES string of the molecule is CC=C(C=C(C)C=CCCC=C(C)C(=O)OC)C(C)(C)C. The molecule has 2 heteroatoms. The molecule has 0 spiro atoms. The van der Waals surface area contributed by atoms with Gasteiger partial charge in [0, 0.05) is 5.57 Å². The molecule has 0 aromatic heterocycles. The number of esters is 1. The molecule has 0 amide bonds. The zero-order valence-corrected chi connectivity index (χ0v) is 14.6. The first-order valence-electron chi connectivity index (χ1n) is 7.49. The zero-order chi connectivity index (χ0) is 16.5. The van der Waals surface area contributed by atoms with Crippen molar-refractivity contribution >= 4 is 5.97 Å². The summed E-state index contributed by atoms with van der Waals surface area (Å²) in [5.74, 6) is -0.252. The highest BCUT2D eigenvalue weighted by Gasteiger charge is 2.13. The van der Waals surface area contributed by atoms with Crippen LogP contribution < -0.4 is 0 Å². The summed E-state index contributed by atoms with van der Waals surface area (Å²) >= 11 is 0. The highest BCUT2D eigenvalue weighted by Crippen LogP contribution is 2.27. The van der Waals surface area contributed by atoms with E-state index in [1.807, 2.05) is 6.08 Å². The molecule has 118 valence electrons. The van der Waals surface area contributed by atoms with Crippen LogP contribution in [-0.4, -0.2) is 13.1 Å². The summed E-state index contributed by atoms with van der Waals surface area (Å²) in [6.45, 7) is 12.6. The van der Waals surface area contributed by atoms with Gasteiger partial charge in [-0.05, 0) is 44.6 Å². The molecule has 0 bridgehead atoms. The first kappa shape index (κ1) is 19.4. The fourth-order valence-electron chi connectivity index (χ4n) is 1.94. The van der Waals surface area contributed by atoms with Gasteiger partial charge in [0.05, 0.1) is 7.11 Å². The quantitative estimate of drug-likeness (QED) is 0.284. The van der Waals surface area contributed by atoms with E-state index in [1.54, 1.807) is 6.92 Å². The lowest BCUT2D eigenvalue weighted by atomic mass is 9.85. The summed E-state index contributed by atoms with van der Waals surface area (Å²) in [4.78, 5) is 11.2. The molecule has 0 aliphatic rings. The van der Waals surface area contributed by atoms with Crippen molar-refractivity contribution in [2.75, 3.05) is 7.11 Å². The van der Waals surface area contributed by atoms with Crippen LogP contribution in [-0.2, 0) is 9.53 Å². The molecule has 0 fully saturated rings. The molecular formula is C19H30O2. The molecule has 2 nitrogen and oxygen atoms in total. The molecular weight excluding hydrogens is 260 g/mol. The largest absolute Gasteiger partial charge is 0.466 e. The number of carbonyl (C=O) groups excluding carboxylic acids is 1. The van der Waals surface area contributed by atoms with Gasteiger partial charge in [0.2, 0.25) is 0 Å². The smallest absolute Gasteiger partial charge is 0.333 e. The van der Waals surface area contributed by atoms with Crippen molar-refractivity contribution in [3.63, 3.8) is 0 Å². The van der Waals surface area contributed by atoms with E-state index in [0.29, 0.717) is 5.57 Å². The van der Waals surface area contributed by atoms with Crippen molar-refractivity contribution in [3.05, 3.63) is 47.1 Å². The Morgan fingerprint density at radius 2 is 1.76 bits per heavy atom. The first-order chi connectivity index (χ1) is 9.72. The van der Waals surface area contributed by atoms with Gasteiger partial charge in [0.15, 0.2) is 0 Å². The lowest BCUT2D eigenvalue weighted by Crippen LogP contribution is -2.07. The maximum Gasteiger partial charge on any atom is 0.333 e. The van der Waals surface area contributed by atoms with E-state index in [1.165, 1.54) is 18.3 Å². The molecule has 0 N–H and O–H groups in total. The monoisotopic (exact) mass is 290 g/mol. The molecule has 0 saturated heterocycles. The van der Waals surface area contributed by atoms with Gasteiger partial charge in [-0.25, -0.2) is 4.79 Å². The number of methoxy groups -OCH3 is 1. The van der Waals surface area contributed by atoms with Crippen LogP contribution in [0.5, 0.6) is 0 Å². The fraction of sp³-hybridized carbons (Fsp3) is 0.526. The summed E-state index contributed by atoms with van der Waals surface area (Å²) in [6, 6.07) is 0. The molecule has 21 heavy (non-hydrogen) atoms. The van der Waals surface area contributed by atoms with Gasteiger partial charge >= 0.3 is 5.97 Å². The van der Waals surface area contributed by atoms with Crippen molar-refractivity contribution in [3.8, 4) is 0 Å². The summed E-state index contributed by atoms with van der Waals surface area (Å²) in [5.41, 5.74) is 3.42. The Morgan fingerprint density at radius 1 is 1.14 bits per heavy atom. The Hall–Kier alpha value is -1.57. The van der Waals surface area contributed by atoms with Crippen LogP contribution in [0.15, 0.2) is 47.1 Å². The number of allylic oxidation sites excluding steroid dienone is 7. The summed E-state index contributed by atoms with van der Waals surface area (Å²) < 4.78 is 4.65. The Balaban J connectivity index is 4.48. The summed E-state index contributed by atoms with van der Waals surface area (Å²) in [5, 5.41) is 0. The number of ether oxygens (including phenoxy) is 1. The van der Waals surface area contributed by atoms with Crippen LogP contribution in [0.1, 0.15) is 54.4 Å². The number of rotatable bonds is 6. The van der Waals surface area contributed by atoms with E-state index in [2.05, 4.69) is 63.7 Å². The highest BCUT2D eigenvalue weighted by atomic mass is 16.5. The average Bonchev–Trinajstić information content (AvgIpc) is 2.41. The second-order valence-electron chi connectivity index (χ2n) is 6.24. The maximum absolute atomic E-state index is 11.2. The molecule has 0 heterocycles. The van der Waals surface area contributed by atoms with Crippen LogP contribution >= 0.6 is 0 Å². The molecule has 0 aromatic carbocycles. The molecule has 0 saturated carbocycles. The lowest BCUT2D eigenvalue weighted by Gasteiger charge is -2.20. The van der Waals surface area contributed by atoms with Gasteiger partial charge in [-0.15, -0.1) is 0 Å². The zero-order valence-electron chi connectivity index (χ0n) is 14.6. The Kier molecular flexibility index (Phi) is 8.68. The lowest BCUT2D eigenvalue weighted by molar-refractivity contribution is -0.136. The van der Waals surface area contributed by atoms with Crippen LogP contribution in [0.4, 0.5) is 0 Å². The molecule has 0 rings (SSSR count). The van der Waals surface area contributed by atoms with Gasteiger partial charge in [0.1, 0.15) is 0 Å². The Labute approximate surface area is 130 Å². The van der Waals surface area contributed by atoms with E-state index in [-0.39, 0.29) is 11.4 Å². The minimum Gasteiger partial charge on any atom is -0.466 e. The number of carbonyl (C=O) groups is 1. The van der Waals surface area contributed by atoms with Crippen molar-refractivity contribution < 1.29 is 9.53 Å². The number of hydrogen-bond acceptors (Lipinski definition) is 2. The maximum atomic E-state index is 11.2. The predicted octanol–water partition coefficient (Wildman–Crippen LogP) is 5.38. The number of unbranched alkanes of at least 4 members (excludes halogenated alkanes) is 1. The van der Waals surface area contributed by atoms with Crippen LogP contribution in [0.3, 0.4) is 0 Å². The third-order valence-corrected chi connectivity index (χ3v) is 3.23. The van der Waals surface area contributed by atoms with Crippen molar-refractivity contribution in [2.45, 2.75) is 54.4 Å². The number of hydrogen-bond donors (Lipinski definition) is 0. The van der Waals surface area contributed by atoms with E-state index in [0.717, 1.165) is 12.8 Å². The van der Waals surface area contributed by atoms with E-state index in [9.17, 15) is 4.79 Å². The Bertz CT molecular complexity index is 454. The van der Waals surface area contributed by atoms with Crippen LogP contribution in [0, 0.1) is 5.41 Å². The first-order valence-corrected chi connectivity index (χ1v) is 7.49. The fourth-order valence-corrected chi connectivity index (χ4v) is 1.94. The Morgan fingerprint density at radius 3 is 2.24 bits per heavy atom. The topological polar surface area (TPSA) is 26.3 Å². The van der Waals surface area contributed by atoms with Gasteiger partial charge in [-0.2, -0.15) is 0 Å². The van der Waals surface area contributed by atoms with Crippen LogP contribution in [0.2, 0.25) is 0 Å². The third-order valence-electron chi connectivity index (χ3n) is 3.23. The second kappa shape index (κ2) is 9.38. The highest BCUT2D eigenvalue weighted by molar-refractivity contribution is 5.87. The standard InChI is InChI=1S/C19H30O2/c1-8-17(19(4,5)6)14-15(2)12-10-9-11-13-16(3)18(20)21-7/h8,10,12-14H,9,11H2,1-7H3. The van der Waals surface area contributed by atoms with Crippen molar-refractivity contribution in [1.82, 2.24) is 0 Å². The molecule has 0 unspecified atom stereocenters. The van der Waals surface area contributed by atoms with Gasteiger partial charge in [-0.3, -0.25) is 0 Å². The molecule has 0 aromatic rings. The second-order valence-corrected chi connectivity index (χ2v) is 6.24.